The quantitative estimate of drug-likeness (QED) is 0.726. The van der Waals surface area contributed by atoms with Crippen molar-refractivity contribution in [3.63, 3.8) is 0 Å². The van der Waals surface area contributed by atoms with E-state index in [2.05, 4.69) is 25.8 Å². The van der Waals surface area contributed by atoms with Crippen molar-refractivity contribution in [3.8, 4) is 0 Å². The lowest BCUT2D eigenvalue weighted by Crippen LogP contribution is -2.31. The predicted molar refractivity (Wildman–Crippen MR) is 60.0 cm³/mol. The number of hydrogen-bond acceptors (Lipinski definition) is 2. The van der Waals surface area contributed by atoms with Crippen LogP contribution in [0.1, 0.15) is 26.7 Å². The van der Waals surface area contributed by atoms with Crippen molar-refractivity contribution in [1.82, 2.24) is 4.90 Å². The summed E-state index contributed by atoms with van der Waals surface area (Å²) >= 11 is 0. The molecule has 0 bridgehead atoms. The minimum atomic E-state index is 0.537. The minimum Gasteiger partial charge on any atom is -0.330 e. The van der Waals surface area contributed by atoms with Gasteiger partial charge in [-0.3, -0.25) is 0 Å². The van der Waals surface area contributed by atoms with Crippen LogP contribution in [0.4, 0.5) is 0 Å². The number of hydrogen-bond donors (Lipinski definition) is 1. The molecule has 1 saturated heterocycles. The summed E-state index contributed by atoms with van der Waals surface area (Å²) in [4.78, 5) is 2.45. The first-order valence-electron chi connectivity index (χ1n) is 5.96. The summed E-state index contributed by atoms with van der Waals surface area (Å²) in [6.07, 6.45) is 2.78. The Morgan fingerprint density at radius 1 is 1.29 bits per heavy atom. The third kappa shape index (κ3) is 1.59. The van der Waals surface area contributed by atoms with Crippen molar-refractivity contribution < 1.29 is 0 Å². The molecule has 2 fully saturated rings. The van der Waals surface area contributed by atoms with Gasteiger partial charge in [0.2, 0.25) is 0 Å². The molecule has 2 atom stereocenters. The van der Waals surface area contributed by atoms with Gasteiger partial charge in [-0.2, -0.15) is 0 Å². The van der Waals surface area contributed by atoms with E-state index in [1.54, 1.807) is 0 Å². The zero-order chi connectivity index (χ0) is 10.3. The van der Waals surface area contributed by atoms with Gasteiger partial charge in [-0.05, 0) is 62.7 Å². The largest absolute Gasteiger partial charge is 0.330 e. The molecule has 2 nitrogen and oxygen atoms in total. The first-order valence-corrected chi connectivity index (χ1v) is 5.96. The SMILES string of the molecule is CN1CCC(C2C(CN)C2(C)C)CC1. The van der Waals surface area contributed by atoms with Gasteiger partial charge in [-0.15, -0.1) is 0 Å². The Kier molecular flexibility index (Phi) is 2.61. The summed E-state index contributed by atoms with van der Waals surface area (Å²) in [5.74, 6) is 2.67. The molecule has 2 rings (SSSR count). The van der Waals surface area contributed by atoms with E-state index in [0.717, 1.165) is 24.3 Å². The molecular formula is C12H24N2. The van der Waals surface area contributed by atoms with E-state index in [4.69, 9.17) is 5.73 Å². The molecule has 2 N–H and O–H groups in total. The normalized spacial score (nSPS) is 38.6. The van der Waals surface area contributed by atoms with Crippen molar-refractivity contribution in [2.24, 2.45) is 28.9 Å². The average Bonchev–Trinajstić information content (AvgIpc) is 2.69. The number of nitrogens with two attached hydrogens (primary N) is 1. The molecule has 0 aromatic carbocycles. The van der Waals surface area contributed by atoms with E-state index < -0.39 is 0 Å². The molecule has 1 heterocycles. The van der Waals surface area contributed by atoms with Gasteiger partial charge in [0.1, 0.15) is 0 Å². The molecule has 82 valence electrons. The second-order valence-corrected chi connectivity index (χ2v) is 5.83. The maximum Gasteiger partial charge on any atom is -0.00190 e. The predicted octanol–water partition coefficient (Wildman–Crippen LogP) is 1.56. The first kappa shape index (κ1) is 10.4. The van der Waals surface area contributed by atoms with E-state index >= 15 is 0 Å². The second-order valence-electron chi connectivity index (χ2n) is 5.83. The number of piperidine rings is 1. The highest BCUT2D eigenvalue weighted by molar-refractivity contribution is 5.08. The maximum absolute atomic E-state index is 5.82. The zero-order valence-electron chi connectivity index (χ0n) is 9.79. The molecule has 14 heavy (non-hydrogen) atoms. The summed E-state index contributed by atoms with van der Waals surface area (Å²) in [5, 5.41) is 0. The van der Waals surface area contributed by atoms with Crippen LogP contribution in [0.2, 0.25) is 0 Å². The summed E-state index contributed by atoms with van der Waals surface area (Å²) < 4.78 is 0. The third-order valence-electron chi connectivity index (χ3n) is 4.66. The van der Waals surface area contributed by atoms with Gasteiger partial charge in [0.15, 0.2) is 0 Å². The monoisotopic (exact) mass is 196 g/mol. The summed E-state index contributed by atoms with van der Waals surface area (Å²) in [6.45, 7) is 8.26. The molecule has 0 radical (unpaired) electrons. The number of likely N-dealkylation sites (tertiary alicyclic amines) is 1. The molecule has 0 spiro atoms. The highest BCUT2D eigenvalue weighted by Gasteiger charge is 2.59. The molecule has 0 aromatic heterocycles. The van der Waals surface area contributed by atoms with Crippen LogP contribution < -0.4 is 5.73 Å². The average molecular weight is 196 g/mol. The summed E-state index contributed by atoms with van der Waals surface area (Å²) in [7, 11) is 2.23. The fourth-order valence-corrected chi connectivity index (χ4v) is 3.56. The van der Waals surface area contributed by atoms with Gasteiger partial charge < -0.3 is 10.6 Å². The van der Waals surface area contributed by atoms with Gasteiger partial charge >= 0.3 is 0 Å². The number of rotatable bonds is 2. The smallest absolute Gasteiger partial charge is 0.00190 e. The van der Waals surface area contributed by atoms with Crippen LogP contribution in [-0.2, 0) is 0 Å². The van der Waals surface area contributed by atoms with Crippen molar-refractivity contribution in [3.05, 3.63) is 0 Å². The lowest BCUT2D eigenvalue weighted by molar-refractivity contribution is 0.191. The highest BCUT2D eigenvalue weighted by Crippen LogP contribution is 2.62. The fraction of sp³-hybridized carbons (Fsp3) is 1.00. The molecule has 1 aliphatic heterocycles. The molecule has 1 saturated carbocycles. The van der Waals surface area contributed by atoms with E-state index in [0.29, 0.717) is 5.41 Å². The van der Waals surface area contributed by atoms with Gasteiger partial charge in [-0.25, -0.2) is 0 Å². The van der Waals surface area contributed by atoms with Crippen LogP contribution in [-0.4, -0.2) is 31.6 Å². The van der Waals surface area contributed by atoms with Crippen molar-refractivity contribution >= 4 is 0 Å². The molecule has 0 aromatic rings. The van der Waals surface area contributed by atoms with Crippen molar-refractivity contribution in [2.75, 3.05) is 26.7 Å². The zero-order valence-corrected chi connectivity index (χ0v) is 9.79. The minimum absolute atomic E-state index is 0.537. The van der Waals surface area contributed by atoms with E-state index in [9.17, 15) is 0 Å². The third-order valence-corrected chi connectivity index (χ3v) is 4.66. The van der Waals surface area contributed by atoms with Gasteiger partial charge in [0.05, 0.1) is 0 Å². The Morgan fingerprint density at radius 3 is 2.29 bits per heavy atom. The van der Waals surface area contributed by atoms with Crippen LogP contribution in [0.25, 0.3) is 0 Å². The molecule has 2 heteroatoms. The maximum atomic E-state index is 5.82. The lowest BCUT2D eigenvalue weighted by Gasteiger charge is -2.30. The Labute approximate surface area is 87.8 Å². The molecule has 1 aliphatic carbocycles. The van der Waals surface area contributed by atoms with Crippen molar-refractivity contribution in [1.29, 1.82) is 0 Å². The molecule has 2 unspecified atom stereocenters. The Morgan fingerprint density at radius 2 is 1.86 bits per heavy atom. The topological polar surface area (TPSA) is 29.3 Å². The van der Waals surface area contributed by atoms with Gasteiger partial charge in [0.25, 0.3) is 0 Å². The van der Waals surface area contributed by atoms with Crippen LogP contribution in [0.3, 0.4) is 0 Å². The molecule has 0 amide bonds. The Hall–Kier alpha value is -0.0800. The van der Waals surface area contributed by atoms with E-state index in [1.807, 2.05) is 0 Å². The van der Waals surface area contributed by atoms with Crippen LogP contribution >= 0.6 is 0 Å². The van der Waals surface area contributed by atoms with Gasteiger partial charge in [-0.1, -0.05) is 13.8 Å². The van der Waals surface area contributed by atoms with Crippen LogP contribution in [0.15, 0.2) is 0 Å². The van der Waals surface area contributed by atoms with Crippen LogP contribution in [0, 0.1) is 23.2 Å². The lowest BCUT2D eigenvalue weighted by atomic mass is 9.88. The second kappa shape index (κ2) is 3.49. The van der Waals surface area contributed by atoms with Gasteiger partial charge in [0, 0.05) is 0 Å². The number of nitrogens with zero attached hydrogens (tertiary/aromatic N) is 1. The van der Waals surface area contributed by atoms with E-state index in [-0.39, 0.29) is 0 Å². The Balaban J connectivity index is 1.92. The van der Waals surface area contributed by atoms with E-state index in [1.165, 1.54) is 25.9 Å². The summed E-state index contributed by atoms with van der Waals surface area (Å²) in [5.41, 5.74) is 6.36. The fourth-order valence-electron chi connectivity index (χ4n) is 3.56. The first-order chi connectivity index (χ1) is 6.57. The molecule has 2 aliphatic rings. The highest BCUT2D eigenvalue weighted by atomic mass is 15.1. The van der Waals surface area contributed by atoms with Crippen molar-refractivity contribution in [2.45, 2.75) is 26.7 Å². The summed E-state index contributed by atoms with van der Waals surface area (Å²) in [6, 6.07) is 0. The molecular weight excluding hydrogens is 172 g/mol. The van der Waals surface area contributed by atoms with Crippen LogP contribution in [0.5, 0.6) is 0 Å². The Bertz CT molecular complexity index is 204. The standard InChI is InChI=1S/C12H24N2/c1-12(2)10(8-13)11(12)9-4-6-14(3)7-5-9/h9-11H,4-8,13H2,1-3H3.